The summed E-state index contributed by atoms with van der Waals surface area (Å²) in [4.78, 5) is 26.1. The quantitative estimate of drug-likeness (QED) is 0.508. The molecule has 10 heteroatoms. The Morgan fingerprint density at radius 1 is 1.10 bits per heavy atom. The number of anilines is 1. The first kappa shape index (κ1) is 21.6. The first-order valence-corrected chi connectivity index (χ1v) is 9.87. The van der Waals surface area contributed by atoms with Gasteiger partial charge < -0.3 is 15.0 Å². The number of hydrogen-bond donors (Lipinski definition) is 1. The maximum absolute atomic E-state index is 14.1. The molecule has 2 aliphatic heterocycles. The summed E-state index contributed by atoms with van der Waals surface area (Å²) in [7, 11) is 0. The van der Waals surface area contributed by atoms with E-state index in [1.807, 2.05) is 0 Å². The van der Waals surface area contributed by atoms with E-state index in [-0.39, 0.29) is 38.1 Å². The molecule has 2 aliphatic rings. The van der Waals surface area contributed by atoms with Crippen LogP contribution in [0.1, 0.15) is 29.5 Å². The van der Waals surface area contributed by atoms with E-state index in [0.29, 0.717) is 16.3 Å². The first-order valence-electron chi connectivity index (χ1n) is 9.49. The molecule has 0 aromatic heterocycles. The molecule has 0 radical (unpaired) electrons. The Labute approximate surface area is 179 Å². The van der Waals surface area contributed by atoms with Gasteiger partial charge in [-0.15, -0.1) is 0 Å². The fraction of sp³-hybridized carbons (Fsp3) is 0.333. The third-order valence-corrected chi connectivity index (χ3v) is 5.90. The summed E-state index contributed by atoms with van der Waals surface area (Å²) in [6.07, 6.45) is -4.31. The minimum absolute atomic E-state index is 0.0658. The van der Waals surface area contributed by atoms with E-state index in [4.69, 9.17) is 16.3 Å². The van der Waals surface area contributed by atoms with Gasteiger partial charge in [-0.2, -0.15) is 13.2 Å². The van der Waals surface area contributed by atoms with Crippen molar-refractivity contribution in [3.63, 3.8) is 0 Å². The molecule has 0 atom stereocenters. The van der Waals surface area contributed by atoms with E-state index in [9.17, 15) is 27.2 Å². The molecule has 0 unspecified atom stereocenters. The lowest BCUT2D eigenvalue weighted by atomic mass is 9.83. The summed E-state index contributed by atoms with van der Waals surface area (Å²) in [5.74, 6) is -2.90. The van der Waals surface area contributed by atoms with Crippen LogP contribution in [-0.2, 0) is 32.7 Å². The minimum atomic E-state index is -4.79. The molecule has 0 saturated carbocycles. The number of piperidine rings is 1. The molecule has 164 valence electrons. The highest BCUT2D eigenvalue weighted by Gasteiger charge is 2.46. The number of hydrogen-bond acceptors (Lipinski definition) is 3. The monoisotopic (exact) mass is 456 g/mol. The Morgan fingerprint density at radius 3 is 2.35 bits per heavy atom. The number of halogens is 5. The predicted molar refractivity (Wildman–Crippen MR) is 104 cm³/mol. The predicted octanol–water partition coefficient (Wildman–Crippen LogP) is 4.48. The molecule has 2 aromatic carbocycles. The second kappa shape index (κ2) is 7.80. The van der Waals surface area contributed by atoms with E-state index in [2.05, 4.69) is 5.32 Å². The second-order valence-corrected chi connectivity index (χ2v) is 7.96. The number of amides is 2. The van der Waals surface area contributed by atoms with Crippen molar-refractivity contribution in [2.24, 2.45) is 0 Å². The lowest BCUT2D eigenvalue weighted by Crippen LogP contribution is -2.48. The number of alkyl halides is 3. The first-order chi connectivity index (χ1) is 14.6. The van der Waals surface area contributed by atoms with E-state index in [1.54, 1.807) is 24.3 Å². The SMILES string of the molecule is O=C(Nc1ccc(Cl)cc1)C(=O)N1CCC2(CC1)OCc1cc(C(F)(F)F)c(F)cc12. The smallest absolute Gasteiger partial charge is 0.365 e. The highest BCUT2D eigenvalue weighted by atomic mass is 35.5. The largest absolute Gasteiger partial charge is 0.419 e. The normalized spacial score (nSPS) is 17.5. The lowest BCUT2D eigenvalue weighted by molar-refractivity contribution is -0.147. The molecule has 0 aliphatic carbocycles. The van der Waals surface area contributed by atoms with E-state index in [0.717, 1.165) is 12.1 Å². The van der Waals surface area contributed by atoms with E-state index >= 15 is 0 Å². The van der Waals surface area contributed by atoms with E-state index in [1.165, 1.54) is 4.90 Å². The van der Waals surface area contributed by atoms with Crippen molar-refractivity contribution < 1.29 is 31.9 Å². The number of carbonyl (C=O) groups is 2. The summed E-state index contributed by atoms with van der Waals surface area (Å²) in [6, 6.07) is 7.94. The molecule has 1 fully saturated rings. The van der Waals surface area contributed by atoms with Crippen LogP contribution < -0.4 is 5.32 Å². The molecule has 5 nitrogen and oxygen atoms in total. The molecule has 2 heterocycles. The summed E-state index contributed by atoms with van der Waals surface area (Å²) >= 11 is 5.79. The number of ether oxygens (including phenoxy) is 1. The molecule has 4 rings (SSSR count). The molecule has 1 N–H and O–H groups in total. The van der Waals surface area contributed by atoms with Crippen LogP contribution in [0, 0.1) is 5.82 Å². The lowest BCUT2D eigenvalue weighted by Gasteiger charge is -2.39. The van der Waals surface area contributed by atoms with Crippen LogP contribution in [0.3, 0.4) is 0 Å². The van der Waals surface area contributed by atoms with Gasteiger partial charge in [0.2, 0.25) is 0 Å². The van der Waals surface area contributed by atoms with Crippen molar-refractivity contribution in [3.05, 3.63) is 63.9 Å². The summed E-state index contributed by atoms with van der Waals surface area (Å²) < 4.78 is 58.8. The molecule has 31 heavy (non-hydrogen) atoms. The van der Waals surface area contributed by atoms with Gasteiger partial charge >= 0.3 is 18.0 Å². The van der Waals surface area contributed by atoms with Gasteiger partial charge in [0.25, 0.3) is 0 Å². The van der Waals surface area contributed by atoms with Gasteiger partial charge in [-0.25, -0.2) is 4.39 Å². The standard InChI is InChI=1S/C21H17ClF4N2O3/c22-13-1-3-14(4-2-13)27-18(29)19(30)28-7-5-20(6-8-28)15-10-17(23)16(21(24,25)26)9-12(15)11-31-20/h1-4,9-10H,5-8,11H2,(H,27,29). The fourth-order valence-electron chi connectivity index (χ4n) is 4.02. The van der Waals surface area contributed by atoms with Crippen LogP contribution in [0.2, 0.25) is 5.02 Å². The topological polar surface area (TPSA) is 58.6 Å². The van der Waals surface area contributed by atoms with Crippen LogP contribution in [0.4, 0.5) is 23.2 Å². The minimum Gasteiger partial charge on any atom is -0.365 e. The highest BCUT2D eigenvalue weighted by molar-refractivity contribution is 6.39. The Morgan fingerprint density at radius 2 is 1.74 bits per heavy atom. The van der Waals surface area contributed by atoms with Gasteiger partial charge in [-0.1, -0.05) is 11.6 Å². The van der Waals surface area contributed by atoms with Crippen LogP contribution in [0.5, 0.6) is 0 Å². The van der Waals surface area contributed by atoms with Crippen LogP contribution in [-0.4, -0.2) is 29.8 Å². The highest BCUT2D eigenvalue weighted by Crippen LogP contribution is 2.46. The number of nitrogens with one attached hydrogen (secondary N) is 1. The van der Waals surface area contributed by atoms with Crippen molar-refractivity contribution in [3.8, 4) is 0 Å². The Hall–Kier alpha value is -2.65. The van der Waals surface area contributed by atoms with Crippen LogP contribution >= 0.6 is 11.6 Å². The number of carbonyl (C=O) groups excluding carboxylic acids is 2. The second-order valence-electron chi connectivity index (χ2n) is 7.52. The van der Waals surface area contributed by atoms with Crippen molar-refractivity contribution >= 4 is 29.1 Å². The van der Waals surface area contributed by atoms with Gasteiger partial charge in [0, 0.05) is 23.8 Å². The van der Waals surface area contributed by atoms with Gasteiger partial charge in [0.15, 0.2) is 0 Å². The third kappa shape index (κ3) is 4.12. The number of fused-ring (bicyclic) bond motifs is 2. The summed E-state index contributed by atoms with van der Waals surface area (Å²) in [5, 5.41) is 2.98. The molecule has 1 saturated heterocycles. The maximum Gasteiger partial charge on any atom is 0.419 e. The van der Waals surface area contributed by atoms with Crippen LogP contribution in [0.15, 0.2) is 36.4 Å². The number of rotatable bonds is 1. The zero-order valence-corrected chi connectivity index (χ0v) is 16.8. The third-order valence-electron chi connectivity index (χ3n) is 5.65. The molecular formula is C21H17ClF4N2O3. The number of nitrogens with zero attached hydrogens (tertiary/aromatic N) is 1. The molecule has 0 bridgehead atoms. The van der Waals surface area contributed by atoms with Crippen molar-refractivity contribution in [2.45, 2.75) is 31.2 Å². The van der Waals surface area contributed by atoms with Gasteiger partial charge in [-0.3, -0.25) is 9.59 Å². The van der Waals surface area contributed by atoms with Crippen molar-refractivity contribution in [1.29, 1.82) is 0 Å². The summed E-state index contributed by atoms with van der Waals surface area (Å²) in [5.41, 5.74) is -1.22. The zero-order valence-electron chi connectivity index (χ0n) is 16.1. The number of benzene rings is 2. The maximum atomic E-state index is 14.1. The van der Waals surface area contributed by atoms with Crippen molar-refractivity contribution in [2.75, 3.05) is 18.4 Å². The van der Waals surface area contributed by atoms with Crippen molar-refractivity contribution in [1.82, 2.24) is 4.90 Å². The Kier molecular flexibility index (Phi) is 5.43. The fourth-order valence-corrected chi connectivity index (χ4v) is 4.14. The van der Waals surface area contributed by atoms with Gasteiger partial charge in [-0.05, 0) is 60.4 Å². The Balaban J connectivity index is 1.44. The molecule has 2 aromatic rings. The van der Waals surface area contributed by atoms with E-state index < -0.39 is 35.0 Å². The molecule has 2 amide bonds. The number of likely N-dealkylation sites (tertiary alicyclic amines) is 1. The summed E-state index contributed by atoms with van der Waals surface area (Å²) in [6.45, 7) is 0.230. The van der Waals surface area contributed by atoms with Gasteiger partial charge in [0.05, 0.1) is 17.8 Å². The average Bonchev–Trinajstić information content (AvgIpc) is 3.05. The van der Waals surface area contributed by atoms with Gasteiger partial charge in [0.1, 0.15) is 5.82 Å². The van der Waals surface area contributed by atoms with Crippen LogP contribution in [0.25, 0.3) is 0 Å². The molecule has 1 spiro atoms. The average molecular weight is 457 g/mol. The zero-order chi connectivity index (χ0) is 22.4. The Bertz CT molecular complexity index is 1030. The molecular weight excluding hydrogens is 440 g/mol.